The van der Waals surface area contributed by atoms with Gasteiger partial charge in [-0.15, -0.1) is 11.6 Å². The van der Waals surface area contributed by atoms with Crippen molar-refractivity contribution in [2.24, 2.45) is 0 Å². The molecule has 1 atom stereocenters. The molecule has 0 bridgehead atoms. The average molecular weight is 301 g/mol. The number of rotatable bonds is 3. The summed E-state index contributed by atoms with van der Waals surface area (Å²) < 4.78 is 2.09. The van der Waals surface area contributed by atoms with Crippen LogP contribution in [0.15, 0.2) is 30.7 Å². The molecule has 0 aliphatic carbocycles. The first-order valence-corrected chi connectivity index (χ1v) is 7.37. The van der Waals surface area contributed by atoms with Crippen molar-refractivity contribution in [2.75, 3.05) is 0 Å². The summed E-state index contributed by atoms with van der Waals surface area (Å²) >= 11 is 6.31. The van der Waals surface area contributed by atoms with Crippen molar-refractivity contribution in [3.63, 3.8) is 0 Å². The zero-order valence-electron chi connectivity index (χ0n) is 12.3. The van der Waals surface area contributed by atoms with Gasteiger partial charge in [0.25, 0.3) is 0 Å². The molecule has 0 radical (unpaired) electrons. The van der Waals surface area contributed by atoms with Crippen LogP contribution >= 0.6 is 11.6 Å². The molecule has 3 heterocycles. The van der Waals surface area contributed by atoms with Crippen molar-refractivity contribution in [3.05, 3.63) is 53.2 Å². The fourth-order valence-corrected chi connectivity index (χ4v) is 2.61. The number of pyridine rings is 2. The summed E-state index contributed by atoms with van der Waals surface area (Å²) in [6.07, 6.45) is 5.51. The molecule has 0 aliphatic rings. The van der Waals surface area contributed by atoms with Crippen molar-refractivity contribution in [1.82, 2.24) is 19.5 Å². The minimum Gasteiger partial charge on any atom is -0.307 e. The van der Waals surface area contributed by atoms with Crippen LogP contribution in [-0.2, 0) is 6.54 Å². The number of aryl methyl sites for hydroxylation is 2. The Labute approximate surface area is 128 Å². The number of hydrogen-bond acceptors (Lipinski definition) is 3. The van der Waals surface area contributed by atoms with Gasteiger partial charge in [-0.05, 0) is 49.6 Å². The number of imidazole rings is 1. The van der Waals surface area contributed by atoms with Gasteiger partial charge in [-0.25, -0.2) is 9.97 Å². The summed E-state index contributed by atoms with van der Waals surface area (Å²) in [6.45, 7) is 6.74. The van der Waals surface area contributed by atoms with Gasteiger partial charge in [0.1, 0.15) is 11.3 Å². The number of halogens is 1. The molecule has 0 spiro atoms. The highest BCUT2D eigenvalue weighted by atomic mass is 35.5. The lowest BCUT2D eigenvalue weighted by atomic mass is 10.1. The maximum atomic E-state index is 6.31. The van der Waals surface area contributed by atoms with Crippen molar-refractivity contribution < 1.29 is 0 Å². The molecular weight excluding hydrogens is 284 g/mol. The van der Waals surface area contributed by atoms with Crippen LogP contribution in [0.1, 0.15) is 34.8 Å². The summed E-state index contributed by atoms with van der Waals surface area (Å²) in [4.78, 5) is 13.4. The predicted molar refractivity (Wildman–Crippen MR) is 84.6 cm³/mol. The summed E-state index contributed by atoms with van der Waals surface area (Å²) in [5.41, 5.74) is 5.26. The Morgan fingerprint density at radius 3 is 2.67 bits per heavy atom. The molecule has 0 aliphatic heterocycles. The monoisotopic (exact) mass is 300 g/mol. The van der Waals surface area contributed by atoms with E-state index in [4.69, 9.17) is 11.6 Å². The van der Waals surface area contributed by atoms with Gasteiger partial charge in [-0.3, -0.25) is 4.98 Å². The molecular formula is C16H17ClN4. The van der Waals surface area contributed by atoms with Crippen LogP contribution in [-0.4, -0.2) is 19.5 Å². The van der Waals surface area contributed by atoms with Crippen molar-refractivity contribution in [3.8, 4) is 0 Å². The van der Waals surface area contributed by atoms with Crippen LogP contribution in [0.2, 0.25) is 0 Å². The first-order valence-electron chi connectivity index (χ1n) is 6.93. The Balaban J connectivity index is 2.19. The van der Waals surface area contributed by atoms with Crippen LogP contribution in [0.25, 0.3) is 11.2 Å². The first kappa shape index (κ1) is 14.0. The zero-order valence-corrected chi connectivity index (χ0v) is 13.1. The van der Waals surface area contributed by atoms with E-state index in [2.05, 4.69) is 26.4 Å². The molecule has 21 heavy (non-hydrogen) atoms. The third kappa shape index (κ3) is 2.51. The topological polar surface area (TPSA) is 43.6 Å². The number of alkyl halides is 1. The Kier molecular flexibility index (Phi) is 3.64. The quantitative estimate of drug-likeness (QED) is 0.691. The van der Waals surface area contributed by atoms with E-state index in [1.807, 2.05) is 38.4 Å². The Morgan fingerprint density at radius 2 is 1.95 bits per heavy atom. The van der Waals surface area contributed by atoms with Crippen molar-refractivity contribution in [2.45, 2.75) is 32.7 Å². The van der Waals surface area contributed by atoms with Crippen LogP contribution in [0.3, 0.4) is 0 Å². The second-order valence-corrected chi connectivity index (χ2v) is 5.93. The van der Waals surface area contributed by atoms with E-state index in [1.165, 1.54) is 5.56 Å². The fraction of sp³-hybridized carbons (Fsp3) is 0.312. The molecule has 1 unspecified atom stereocenters. The molecule has 4 nitrogen and oxygen atoms in total. The predicted octanol–water partition coefficient (Wildman–Crippen LogP) is 3.79. The SMILES string of the molecule is Cc1ccncc1Cn1c(C(C)Cl)nc2c(C)ccnc21. The fourth-order valence-electron chi connectivity index (χ4n) is 2.45. The molecule has 3 aromatic heterocycles. The van der Waals surface area contributed by atoms with E-state index >= 15 is 0 Å². The molecule has 0 N–H and O–H groups in total. The minimum absolute atomic E-state index is 0.171. The standard InChI is InChI=1S/C16H17ClN4/c1-10-4-6-18-8-13(10)9-21-15(12(3)17)20-14-11(2)5-7-19-16(14)21/h4-8,12H,9H2,1-3H3. The second-order valence-electron chi connectivity index (χ2n) is 5.27. The molecule has 0 saturated heterocycles. The normalized spacial score (nSPS) is 12.8. The Hall–Kier alpha value is -1.94. The summed E-state index contributed by atoms with van der Waals surface area (Å²) in [5, 5.41) is -0.171. The van der Waals surface area contributed by atoms with Crippen LogP contribution in [0.5, 0.6) is 0 Å². The highest BCUT2D eigenvalue weighted by molar-refractivity contribution is 6.20. The number of hydrogen-bond donors (Lipinski definition) is 0. The lowest BCUT2D eigenvalue weighted by Gasteiger charge is -2.11. The molecule has 3 rings (SSSR count). The average Bonchev–Trinajstić information content (AvgIpc) is 2.82. The molecule has 0 aromatic carbocycles. The van der Waals surface area contributed by atoms with E-state index in [-0.39, 0.29) is 5.38 Å². The number of fused-ring (bicyclic) bond motifs is 1. The lowest BCUT2D eigenvalue weighted by Crippen LogP contribution is -2.08. The van der Waals surface area contributed by atoms with Gasteiger partial charge in [0, 0.05) is 18.6 Å². The van der Waals surface area contributed by atoms with E-state index in [0.717, 1.165) is 28.1 Å². The van der Waals surface area contributed by atoms with Gasteiger partial charge in [0.05, 0.1) is 11.9 Å². The van der Waals surface area contributed by atoms with Gasteiger partial charge in [-0.2, -0.15) is 0 Å². The molecule has 5 heteroatoms. The molecule has 0 fully saturated rings. The van der Waals surface area contributed by atoms with Crippen molar-refractivity contribution >= 4 is 22.8 Å². The third-order valence-corrected chi connectivity index (χ3v) is 3.89. The first-order chi connectivity index (χ1) is 10.1. The van der Waals surface area contributed by atoms with E-state index in [0.29, 0.717) is 6.54 Å². The smallest absolute Gasteiger partial charge is 0.160 e. The molecule has 108 valence electrons. The van der Waals surface area contributed by atoms with E-state index < -0.39 is 0 Å². The van der Waals surface area contributed by atoms with Crippen LogP contribution in [0.4, 0.5) is 0 Å². The van der Waals surface area contributed by atoms with Gasteiger partial charge in [-0.1, -0.05) is 0 Å². The maximum absolute atomic E-state index is 6.31. The molecule has 0 amide bonds. The Bertz CT molecular complexity index is 792. The van der Waals surface area contributed by atoms with Gasteiger partial charge in [0.2, 0.25) is 0 Å². The number of nitrogens with zero attached hydrogens (tertiary/aromatic N) is 4. The second kappa shape index (κ2) is 5.45. The number of aromatic nitrogens is 4. The van der Waals surface area contributed by atoms with E-state index in [1.54, 1.807) is 6.20 Å². The van der Waals surface area contributed by atoms with Crippen molar-refractivity contribution in [1.29, 1.82) is 0 Å². The van der Waals surface area contributed by atoms with Gasteiger partial charge >= 0.3 is 0 Å². The summed E-state index contributed by atoms with van der Waals surface area (Å²) in [6, 6.07) is 3.98. The summed E-state index contributed by atoms with van der Waals surface area (Å²) in [5.74, 6) is 0.844. The van der Waals surface area contributed by atoms with E-state index in [9.17, 15) is 0 Å². The van der Waals surface area contributed by atoms with Gasteiger partial charge in [0.15, 0.2) is 5.65 Å². The lowest BCUT2D eigenvalue weighted by molar-refractivity contribution is 0.731. The largest absolute Gasteiger partial charge is 0.307 e. The highest BCUT2D eigenvalue weighted by Gasteiger charge is 2.17. The zero-order chi connectivity index (χ0) is 15.0. The Morgan fingerprint density at radius 1 is 1.19 bits per heavy atom. The van der Waals surface area contributed by atoms with Crippen LogP contribution in [0, 0.1) is 13.8 Å². The molecule has 3 aromatic rings. The van der Waals surface area contributed by atoms with Crippen LogP contribution < -0.4 is 0 Å². The van der Waals surface area contributed by atoms with Gasteiger partial charge < -0.3 is 4.57 Å². The maximum Gasteiger partial charge on any atom is 0.160 e. The minimum atomic E-state index is -0.171. The third-order valence-electron chi connectivity index (χ3n) is 3.70. The highest BCUT2D eigenvalue weighted by Crippen LogP contribution is 2.26. The molecule has 0 saturated carbocycles. The summed E-state index contributed by atoms with van der Waals surface area (Å²) in [7, 11) is 0.